The molecular formula is C3CuN3. The first kappa shape index (κ1) is 5.99. The Balaban J connectivity index is 3.82. The van der Waals surface area contributed by atoms with Crippen LogP contribution in [0.3, 0.4) is 0 Å². The standard InChI is InChI=1S/3CN.Cu/c3*1-2;/q3*-1;+3. The second-order valence-electron chi connectivity index (χ2n) is 0.383. The molecule has 0 saturated carbocycles. The summed E-state index contributed by atoms with van der Waals surface area (Å²) in [5, 5.41) is 0. The Bertz CT molecular complexity index is 133. The van der Waals surface area contributed by atoms with Gasteiger partial charge in [-0.15, -0.1) is 0 Å². The van der Waals surface area contributed by atoms with Crippen molar-refractivity contribution in [2.45, 2.75) is 0 Å². The fourth-order valence-corrected chi connectivity index (χ4v) is 0.186. The zero-order valence-electron chi connectivity index (χ0n) is 3.14. The van der Waals surface area contributed by atoms with Gasteiger partial charge in [0.25, 0.3) is 0 Å². The molecule has 0 radical (unpaired) electrons. The molecule has 7 heavy (non-hydrogen) atoms. The van der Waals surface area contributed by atoms with Gasteiger partial charge in [0.15, 0.2) is 0 Å². The number of rotatable bonds is 0. The minimum atomic E-state index is -1.31. The Morgan fingerprint density at radius 1 is 0.857 bits per heavy atom. The van der Waals surface area contributed by atoms with Crippen molar-refractivity contribution in [3.63, 3.8) is 0 Å². The molecule has 0 aliphatic rings. The van der Waals surface area contributed by atoms with Crippen LogP contribution in [0.1, 0.15) is 0 Å². The second kappa shape index (κ2) is 3.19. The molecule has 38 valence electrons. The van der Waals surface area contributed by atoms with E-state index in [-0.39, 0.29) is 0 Å². The van der Waals surface area contributed by atoms with Crippen LogP contribution in [-0.2, 0) is 14.6 Å². The number of hydrogen-bond acceptors (Lipinski definition) is 0. The van der Waals surface area contributed by atoms with Crippen molar-refractivity contribution in [1.29, 1.82) is 0 Å². The van der Waals surface area contributed by atoms with Crippen LogP contribution >= 0.6 is 0 Å². The molecule has 4 heteroatoms. The molecule has 0 saturated heterocycles. The van der Waals surface area contributed by atoms with E-state index in [0.29, 0.717) is 0 Å². The third kappa shape index (κ3) is 1.79. The van der Waals surface area contributed by atoms with Gasteiger partial charge in [0.05, 0.1) is 0 Å². The molecule has 0 heterocycles. The van der Waals surface area contributed by atoms with Crippen molar-refractivity contribution >= 4 is 0 Å². The van der Waals surface area contributed by atoms with Crippen molar-refractivity contribution < 1.29 is 14.6 Å². The summed E-state index contributed by atoms with van der Waals surface area (Å²) in [6.45, 7) is 18.5. The van der Waals surface area contributed by atoms with Crippen molar-refractivity contribution in [1.82, 2.24) is 0 Å². The average Bonchev–Trinajstić information content (AvgIpc) is 1.72. The molecule has 0 N–H and O–H groups in total. The molecule has 0 aromatic heterocycles. The summed E-state index contributed by atoms with van der Waals surface area (Å²) in [6, 6.07) is 0. The van der Waals surface area contributed by atoms with Crippen LogP contribution in [0, 0.1) is 19.7 Å². The van der Waals surface area contributed by atoms with Gasteiger partial charge in [-0.2, -0.15) is 0 Å². The van der Waals surface area contributed by atoms with Crippen LogP contribution in [0.4, 0.5) is 0 Å². The Labute approximate surface area is 46.5 Å². The summed E-state index contributed by atoms with van der Waals surface area (Å²) >= 11 is -1.31. The molecule has 0 amide bonds. The van der Waals surface area contributed by atoms with Crippen LogP contribution in [0.5, 0.6) is 0 Å². The van der Waals surface area contributed by atoms with Gasteiger partial charge in [0.2, 0.25) is 0 Å². The minimum absolute atomic E-state index is 1.31. The molecule has 0 atom stereocenters. The molecule has 0 rings (SSSR count). The molecule has 0 aliphatic carbocycles. The first-order chi connectivity index (χ1) is 3.35. The molecule has 0 spiro atoms. The number of hydrogen-bond donors (Lipinski definition) is 0. The van der Waals surface area contributed by atoms with Gasteiger partial charge in [-0.25, -0.2) is 0 Å². The van der Waals surface area contributed by atoms with E-state index >= 15 is 0 Å². The van der Waals surface area contributed by atoms with E-state index in [1.54, 1.807) is 0 Å². The molecule has 0 aromatic carbocycles. The molecule has 0 aliphatic heterocycles. The molecule has 3 nitrogen and oxygen atoms in total. The Kier molecular flexibility index (Phi) is 2.73. The maximum absolute atomic E-state index is 6.17. The van der Waals surface area contributed by atoms with Gasteiger partial charge >= 0.3 is 45.9 Å². The summed E-state index contributed by atoms with van der Waals surface area (Å²) in [7, 11) is 0. The third-order valence-electron chi connectivity index (χ3n) is 0.181. The summed E-state index contributed by atoms with van der Waals surface area (Å²) in [5.41, 5.74) is 0. The monoisotopic (exact) mass is 141 g/mol. The first-order valence-electron chi connectivity index (χ1n) is 1.08. The Hall–Kier alpha value is -1.01. The van der Waals surface area contributed by atoms with Gasteiger partial charge in [-0.1, -0.05) is 0 Å². The summed E-state index contributed by atoms with van der Waals surface area (Å²) in [6.07, 6.45) is 0. The zero-order chi connectivity index (χ0) is 5.70. The van der Waals surface area contributed by atoms with Crippen LogP contribution < -0.4 is 0 Å². The van der Waals surface area contributed by atoms with Crippen LogP contribution in [0.2, 0.25) is 0 Å². The average molecular weight is 142 g/mol. The fraction of sp³-hybridized carbons (Fsp3) is 0. The zero-order valence-corrected chi connectivity index (χ0v) is 4.08. The molecule has 0 fully saturated rings. The molecule has 0 unspecified atom stereocenters. The van der Waals surface area contributed by atoms with E-state index in [1.165, 1.54) is 0 Å². The summed E-state index contributed by atoms with van der Waals surface area (Å²) in [4.78, 5) is 0. The third-order valence-corrected chi connectivity index (χ3v) is 0.746. The second-order valence-corrected chi connectivity index (χ2v) is 1.58. The first-order valence-corrected chi connectivity index (χ1v) is 2.34. The van der Waals surface area contributed by atoms with Gasteiger partial charge in [0.1, 0.15) is 0 Å². The number of nitrogens with zero attached hydrogens (tertiary/aromatic N) is 3. The van der Waals surface area contributed by atoms with Gasteiger partial charge < -0.3 is 0 Å². The van der Waals surface area contributed by atoms with E-state index in [9.17, 15) is 0 Å². The Morgan fingerprint density at radius 2 is 1.14 bits per heavy atom. The van der Waals surface area contributed by atoms with E-state index in [4.69, 9.17) is 19.7 Å². The van der Waals surface area contributed by atoms with Crippen LogP contribution in [-0.4, -0.2) is 0 Å². The predicted molar refractivity (Wildman–Crippen MR) is 19.8 cm³/mol. The predicted octanol–water partition coefficient (Wildman–Crippen LogP) is 1.11. The van der Waals surface area contributed by atoms with Crippen molar-refractivity contribution in [2.24, 2.45) is 0 Å². The van der Waals surface area contributed by atoms with Gasteiger partial charge in [-0.3, -0.25) is 0 Å². The van der Waals surface area contributed by atoms with Crippen molar-refractivity contribution in [3.8, 4) is 0 Å². The van der Waals surface area contributed by atoms with Crippen molar-refractivity contribution in [3.05, 3.63) is 31.3 Å². The van der Waals surface area contributed by atoms with E-state index in [1.807, 2.05) is 0 Å². The molecular weight excluding hydrogens is 142 g/mol. The van der Waals surface area contributed by atoms with Crippen molar-refractivity contribution in [2.75, 3.05) is 0 Å². The maximum atomic E-state index is 6.17. The molecule has 0 aromatic rings. The van der Waals surface area contributed by atoms with Crippen LogP contribution in [0.15, 0.2) is 0 Å². The molecule has 0 bridgehead atoms. The fourth-order valence-electron chi connectivity index (χ4n) is 0.0452. The van der Waals surface area contributed by atoms with Gasteiger partial charge in [-0.05, 0) is 0 Å². The van der Waals surface area contributed by atoms with E-state index < -0.39 is 14.6 Å². The van der Waals surface area contributed by atoms with Gasteiger partial charge in [0, 0.05) is 0 Å². The summed E-state index contributed by atoms with van der Waals surface area (Å²) < 4.78 is 8.06. The van der Waals surface area contributed by atoms with Crippen LogP contribution in [0.25, 0.3) is 11.6 Å². The summed E-state index contributed by atoms with van der Waals surface area (Å²) in [5.74, 6) is 0. The normalized spacial score (nSPS) is 7.29. The topological polar surface area (TPSA) is 13.1 Å². The Morgan fingerprint density at radius 3 is 1.14 bits per heavy atom. The van der Waals surface area contributed by atoms with E-state index in [2.05, 4.69) is 11.6 Å². The quantitative estimate of drug-likeness (QED) is 0.354. The SMILES string of the molecule is [C-]#[N+][Cu]([N+]#[C-])[N+]#[C-]. The van der Waals surface area contributed by atoms with E-state index in [0.717, 1.165) is 0 Å².